The average molecular weight is 846 g/mol. The molecule has 4 heterocycles. The van der Waals surface area contributed by atoms with E-state index in [1.807, 2.05) is 73.6 Å². The summed E-state index contributed by atoms with van der Waals surface area (Å²) in [5.74, 6) is 4.22. The molecule has 328 valence electrons. The van der Waals surface area contributed by atoms with Crippen LogP contribution in [-0.2, 0) is 10.2 Å². The molecular weight excluding hydrogens is 787 g/mol. The number of nitrogens with one attached hydrogen (secondary N) is 2. The standard InChI is InChI=1S/C24H34N4O3.C22H25N7O2/c1-24(9-10-24)21-14-22(28(3)18-7-11-30-12-8-18)27-23(26-21)17-5-4-6-20(13-17)31-16-19(29)15-25-2;1-24-13-18(30)14-31-19-6-3-5-16(9-19)22-27-20(17-11-25-15-26-12-17)10-21(28-22)29(2)8-4-7-23/h4-6,13-14,18-19,25,29H,7-12,15-16H2,1-3H3;3,5-6,9-12,15,18,24,30H,4,8,13-14H2,1-2H3. The van der Waals surface area contributed by atoms with Gasteiger partial charge in [-0.2, -0.15) is 5.26 Å². The highest BCUT2D eigenvalue weighted by Gasteiger charge is 2.41. The highest BCUT2D eigenvalue weighted by molar-refractivity contribution is 5.68. The smallest absolute Gasteiger partial charge is 0.162 e. The van der Waals surface area contributed by atoms with Gasteiger partial charge in [-0.1, -0.05) is 31.2 Å². The van der Waals surface area contributed by atoms with Gasteiger partial charge in [0, 0.05) is 99.6 Å². The first-order chi connectivity index (χ1) is 30.1. The minimum absolute atomic E-state index is 0.147. The molecule has 2 unspecified atom stereocenters. The molecule has 4 N–H and O–H groups in total. The van der Waals surface area contributed by atoms with Crippen LogP contribution in [0.3, 0.4) is 0 Å². The number of aliphatic hydroxyl groups is 2. The second kappa shape index (κ2) is 22.3. The molecule has 2 atom stereocenters. The fraction of sp³-hybridized carbons (Fsp3) is 0.457. The van der Waals surface area contributed by atoms with Crippen molar-refractivity contribution in [2.24, 2.45) is 0 Å². The summed E-state index contributed by atoms with van der Waals surface area (Å²) in [6.45, 7) is 5.78. The fourth-order valence-electron chi connectivity index (χ4n) is 6.85. The molecule has 1 aliphatic heterocycles. The zero-order valence-corrected chi connectivity index (χ0v) is 36.4. The molecular formula is C46H59N11O5. The Morgan fingerprint density at radius 1 is 0.806 bits per heavy atom. The lowest BCUT2D eigenvalue weighted by Crippen LogP contribution is -2.37. The second-order valence-corrected chi connectivity index (χ2v) is 15.9. The summed E-state index contributed by atoms with van der Waals surface area (Å²) in [6, 6.07) is 21.8. The third-order valence-corrected chi connectivity index (χ3v) is 10.9. The van der Waals surface area contributed by atoms with Crippen LogP contribution in [0.1, 0.15) is 44.7 Å². The number of likely N-dealkylation sites (N-methyl/N-ethyl adjacent to an activating group) is 2. The number of hydrogen-bond acceptors (Lipinski definition) is 16. The Morgan fingerprint density at radius 3 is 1.95 bits per heavy atom. The Labute approximate surface area is 364 Å². The lowest BCUT2D eigenvalue weighted by molar-refractivity contribution is 0.0853. The van der Waals surface area contributed by atoms with Crippen molar-refractivity contribution in [3.05, 3.63) is 85.1 Å². The molecule has 1 saturated carbocycles. The van der Waals surface area contributed by atoms with Gasteiger partial charge in [0.2, 0.25) is 0 Å². The van der Waals surface area contributed by atoms with Gasteiger partial charge in [0.25, 0.3) is 0 Å². The highest BCUT2D eigenvalue weighted by atomic mass is 16.5. The van der Waals surface area contributed by atoms with Crippen molar-refractivity contribution in [1.29, 1.82) is 5.26 Å². The zero-order chi connectivity index (χ0) is 43.9. The van der Waals surface area contributed by atoms with Gasteiger partial charge in [0.15, 0.2) is 11.6 Å². The minimum atomic E-state index is -0.605. The normalized spacial score (nSPS) is 15.3. The number of nitriles is 1. The quantitative estimate of drug-likeness (QED) is 0.0893. The van der Waals surface area contributed by atoms with Gasteiger partial charge < -0.3 is 44.9 Å². The van der Waals surface area contributed by atoms with E-state index in [-0.39, 0.29) is 18.6 Å². The Hall–Kier alpha value is -5.83. The van der Waals surface area contributed by atoms with Crippen molar-refractivity contribution >= 4 is 11.6 Å². The summed E-state index contributed by atoms with van der Waals surface area (Å²) in [5, 5.41) is 34.6. The third-order valence-electron chi connectivity index (χ3n) is 10.9. The molecule has 16 nitrogen and oxygen atoms in total. The van der Waals surface area contributed by atoms with E-state index in [1.54, 1.807) is 19.4 Å². The number of aliphatic hydroxyl groups excluding tert-OH is 2. The van der Waals surface area contributed by atoms with Crippen molar-refractivity contribution < 1.29 is 24.4 Å². The first kappa shape index (κ1) is 45.7. The minimum Gasteiger partial charge on any atom is -0.491 e. The van der Waals surface area contributed by atoms with Crippen LogP contribution in [0.15, 0.2) is 79.4 Å². The molecule has 2 fully saturated rings. The summed E-state index contributed by atoms with van der Waals surface area (Å²) in [4.78, 5) is 31.7. The molecule has 3 aromatic heterocycles. The first-order valence-electron chi connectivity index (χ1n) is 21.1. The summed E-state index contributed by atoms with van der Waals surface area (Å²) in [6.07, 6.45) is 8.44. The van der Waals surface area contributed by atoms with E-state index < -0.39 is 12.2 Å². The molecule has 7 rings (SSSR count). The maximum absolute atomic E-state index is 9.92. The number of aromatic nitrogens is 6. The fourth-order valence-corrected chi connectivity index (χ4v) is 6.85. The molecule has 16 heteroatoms. The molecule has 0 spiro atoms. The monoisotopic (exact) mass is 845 g/mol. The van der Waals surface area contributed by atoms with Crippen LogP contribution >= 0.6 is 0 Å². The molecule has 0 radical (unpaired) electrons. The van der Waals surface area contributed by atoms with Gasteiger partial charge in [0.05, 0.1) is 23.9 Å². The first-order valence-corrected chi connectivity index (χ1v) is 21.1. The van der Waals surface area contributed by atoms with E-state index in [0.29, 0.717) is 60.9 Å². The van der Waals surface area contributed by atoms with Gasteiger partial charge in [-0.05, 0) is 64.0 Å². The largest absolute Gasteiger partial charge is 0.491 e. The second-order valence-electron chi connectivity index (χ2n) is 15.9. The topological polar surface area (TPSA) is 200 Å². The van der Waals surface area contributed by atoms with E-state index in [2.05, 4.69) is 51.6 Å². The zero-order valence-electron chi connectivity index (χ0n) is 36.4. The van der Waals surface area contributed by atoms with Crippen molar-refractivity contribution in [2.75, 3.05) is 84.1 Å². The average Bonchev–Trinajstić information content (AvgIpc) is 4.08. The molecule has 5 aromatic rings. The van der Waals surface area contributed by atoms with Gasteiger partial charge >= 0.3 is 0 Å². The van der Waals surface area contributed by atoms with Crippen LogP contribution in [-0.4, -0.2) is 133 Å². The van der Waals surface area contributed by atoms with E-state index in [1.165, 1.54) is 6.33 Å². The van der Waals surface area contributed by atoms with Gasteiger partial charge in [-0.25, -0.2) is 29.9 Å². The van der Waals surface area contributed by atoms with E-state index in [4.69, 9.17) is 39.4 Å². The van der Waals surface area contributed by atoms with Crippen LogP contribution in [0.2, 0.25) is 0 Å². The summed E-state index contributed by atoms with van der Waals surface area (Å²) >= 11 is 0. The SMILES string of the molecule is CNCC(O)COc1cccc(-c2nc(-c3cncnc3)cc(N(C)CCC#N)n2)c1.CNCC(O)COc1cccc(-c2nc(N(C)C3CCOCC3)cc(C3(C)CC3)n2)c1. The molecule has 1 aliphatic carbocycles. The maximum Gasteiger partial charge on any atom is 0.162 e. The van der Waals surface area contributed by atoms with Gasteiger partial charge in [-0.3, -0.25) is 0 Å². The van der Waals surface area contributed by atoms with E-state index in [0.717, 1.165) is 72.9 Å². The molecule has 62 heavy (non-hydrogen) atoms. The Bertz CT molecular complexity index is 2220. The summed E-state index contributed by atoms with van der Waals surface area (Å²) in [7, 11) is 7.60. The lowest BCUT2D eigenvalue weighted by Gasteiger charge is -2.32. The molecule has 2 aliphatic rings. The van der Waals surface area contributed by atoms with Crippen LogP contribution in [0.5, 0.6) is 11.5 Å². The van der Waals surface area contributed by atoms with Crippen LogP contribution in [0.4, 0.5) is 11.6 Å². The molecule has 1 saturated heterocycles. The third kappa shape index (κ3) is 12.8. The molecule has 0 bridgehead atoms. The van der Waals surface area contributed by atoms with Crippen LogP contribution in [0, 0.1) is 11.3 Å². The van der Waals surface area contributed by atoms with Gasteiger partial charge in [0.1, 0.15) is 54.9 Å². The Morgan fingerprint density at radius 2 is 1.39 bits per heavy atom. The van der Waals surface area contributed by atoms with Crippen molar-refractivity contribution in [1.82, 2.24) is 40.5 Å². The maximum atomic E-state index is 9.92. The van der Waals surface area contributed by atoms with Crippen LogP contribution in [0.25, 0.3) is 34.0 Å². The number of benzene rings is 2. The Kier molecular flexibility index (Phi) is 16.4. The van der Waals surface area contributed by atoms with Crippen molar-refractivity contribution in [3.8, 4) is 51.6 Å². The summed E-state index contributed by atoms with van der Waals surface area (Å²) < 4.78 is 17.1. The number of rotatable bonds is 19. The molecule has 2 aromatic carbocycles. The van der Waals surface area contributed by atoms with E-state index in [9.17, 15) is 10.2 Å². The number of hydrogen-bond donors (Lipinski definition) is 4. The number of ether oxygens (including phenoxy) is 3. The van der Waals surface area contributed by atoms with Crippen molar-refractivity contribution in [2.45, 2.75) is 62.7 Å². The number of nitrogens with zero attached hydrogens (tertiary/aromatic N) is 9. The predicted molar refractivity (Wildman–Crippen MR) is 239 cm³/mol. The number of anilines is 2. The van der Waals surface area contributed by atoms with E-state index >= 15 is 0 Å². The van der Waals surface area contributed by atoms with Crippen LogP contribution < -0.4 is 29.9 Å². The summed E-state index contributed by atoms with van der Waals surface area (Å²) in [5.41, 5.74) is 4.41. The molecule has 0 amide bonds. The Balaban J connectivity index is 0.000000207. The lowest BCUT2D eigenvalue weighted by atomic mass is 10.0. The predicted octanol–water partition coefficient (Wildman–Crippen LogP) is 4.68. The highest BCUT2D eigenvalue weighted by Crippen LogP contribution is 2.47. The van der Waals surface area contributed by atoms with Gasteiger partial charge in [-0.15, -0.1) is 0 Å². The van der Waals surface area contributed by atoms with Crippen molar-refractivity contribution in [3.63, 3.8) is 0 Å².